The molecular weight excluding hydrogens is 386 g/mol. The summed E-state index contributed by atoms with van der Waals surface area (Å²) in [6.45, 7) is 2.74. The summed E-state index contributed by atoms with van der Waals surface area (Å²) in [6, 6.07) is 12.2. The molecule has 0 spiro atoms. The largest absolute Gasteiger partial charge is 0.358 e. The van der Waals surface area contributed by atoms with E-state index in [9.17, 15) is 13.2 Å². The molecular formula is C22H25N3O3S. The number of hydrogen-bond acceptors (Lipinski definition) is 3. The highest BCUT2D eigenvalue weighted by molar-refractivity contribution is 7.89. The van der Waals surface area contributed by atoms with Crippen molar-refractivity contribution in [2.75, 3.05) is 6.54 Å². The summed E-state index contributed by atoms with van der Waals surface area (Å²) in [4.78, 5) is 16.2. The SMILES string of the molecule is CC1CCc2[nH]c3ccc(C(=O)NCCc4ccc(S(N)(=O)=O)cc4)cc3c2C1. The molecule has 0 saturated heterocycles. The standard InChI is InChI=1S/C22H25N3O3S/c1-14-2-8-20-18(12-14)19-13-16(5-9-21(19)25-20)22(26)24-11-10-15-3-6-17(7-4-15)29(23,27)28/h3-7,9,13-14,25H,2,8,10-12H2,1H3,(H,24,26)(H2,23,27,28). The molecule has 29 heavy (non-hydrogen) atoms. The first kappa shape index (κ1) is 19.7. The normalized spacial score (nSPS) is 16.6. The maximum absolute atomic E-state index is 12.6. The zero-order valence-electron chi connectivity index (χ0n) is 16.4. The van der Waals surface area contributed by atoms with Crippen molar-refractivity contribution in [3.8, 4) is 0 Å². The van der Waals surface area contributed by atoms with Crippen LogP contribution in [0, 0.1) is 5.92 Å². The second-order valence-electron chi connectivity index (χ2n) is 7.89. The van der Waals surface area contributed by atoms with E-state index in [0.717, 1.165) is 29.3 Å². The van der Waals surface area contributed by atoms with Gasteiger partial charge in [0.25, 0.3) is 5.91 Å². The van der Waals surface area contributed by atoms with E-state index in [1.54, 1.807) is 12.1 Å². The molecule has 0 fully saturated rings. The lowest BCUT2D eigenvalue weighted by atomic mass is 9.87. The molecule has 1 atom stereocenters. The number of fused-ring (bicyclic) bond motifs is 3. The second-order valence-corrected chi connectivity index (χ2v) is 9.45. The fourth-order valence-corrected chi connectivity index (χ4v) is 4.52. The summed E-state index contributed by atoms with van der Waals surface area (Å²) >= 11 is 0. The Bertz CT molecular complexity index is 1160. The van der Waals surface area contributed by atoms with Crippen molar-refractivity contribution < 1.29 is 13.2 Å². The van der Waals surface area contributed by atoms with Crippen molar-refractivity contribution in [2.24, 2.45) is 11.1 Å². The average molecular weight is 412 g/mol. The van der Waals surface area contributed by atoms with Gasteiger partial charge in [-0.25, -0.2) is 13.6 Å². The number of nitrogens with two attached hydrogens (primary N) is 1. The molecule has 7 heteroatoms. The van der Waals surface area contributed by atoms with E-state index in [1.165, 1.54) is 29.8 Å². The topological polar surface area (TPSA) is 105 Å². The van der Waals surface area contributed by atoms with Gasteiger partial charge in [-0.05, 0) is 73.1 Å². The van der Waals surface area contributed by atoms with Crippen LogP contribution in [0.1, 0.15) is 40.5 Å². The Morgan fingerprint density at radius 3 is 2.69 bits per heavy atom. The summed E-state index contributed by atoms with van der Waals surface area (Å²) in [5, 5.41) is 9.20. The monoisotopic (exact) mass is 411 g/mol. The third-order valence-electron chi connectivity index (χ3n) is 5.65. The van der Waals surface area contributed by atoms with Gasteiger partial charge in [-0.3, -0.25) is 4.79 Å². The van der Waals surface area contributed by atoms with Crippen LogP contribution in [0.4, 0.5) is 0 Å². The van der Waals surface area contributed by atoms with Gasteiger partial charge in [0, 0.05) is 28.7 Å². The fourth-order valence-electron chi connectivity index (χ4n) is 4.00. The van der Waals surface area contributed by atoms with Gasteiger partial charge < -0.3 is 10.3 Å². The molecule has 4 rings (SSSR count). The molecule has 0 radical (unpaired) electrons. The zero-order valence-corrected chi connectivity index (χ0v) is 17.2. The van der Waals surface area contributed by atoms with E-state index in [4.69, 9.17) is 5.14 Å². The molecule has 0 aliphatic heterocycles. The van der Waals surface area contributed by atoms with Crippen LogP contribution in [0.15, 0.2) is 47.4 Å². The van der Waals surface area contributed by atoms with Crippen LogP contribution in [0.3, 0.4) is 0 Å². The predicted octanol–water partition coefficient (Wildman–Crippen LogP) is 2.91. The number of carbonyl (C=O) groups excluding carboxylic acids is 1. The van der Waals surface area contributed by atoms with Gasteiger partial charge in [0.05, 0.1) is 4.90 Å². The Hall–Kier alpha value is -2.64. The third kappa shape index (κ3) is 4.21. The summed E-state index contributed by atoms with van der Waals surface area (Å²) in [5.41, 5.74) is 5.33. The Morgan fingerprint density at radius 2 is 1.97 bits per heavy atom. The maximum atomic E-state index is 12.6. The zero-order chi connectivity index (χ0) is 20.6. The Labute approximate surface area is 170 Å². The van der Waals surface area contributed by atoms with Gasteiger partial charge in [-0.2, -0.15) is 0 Å². The number of hydrogen-bond donors (Lipinski definition) is 3. The maximum Gasteiger partial charge on any atom is 0.251 e. The van der Waals surface area contributed by atoms with Crippen molar-refractivity contribution in [3.05, 3.63) is 64.8 Å². The molecule has 1 aromatic heterocycles. The number of sulfonamides is 1. The predicted molar refractivity (Wildman–Crippen MR) is 113 cm³/mol. The van der Waals surface area contributed by atoms with Crippen LogP contribution >= 0.6 is 0 Å². The number of carbonyl (C=O) groups is 1. The Balaban J connectivity index is 1.42. The van der Waals surface area contributed by atoms with Gasteiger partial charge in [0.15, 0.2) is 0 Å². The number of rotatable bonds is 5. The smallest absolute Gasteiger partial charge is 0.251 e. The summed E-state index contributed by atoms with van der Waals surface area (Å²) < 4.78 is 22.6. The van der Waals surface area contributed by atoms with E-state index in [1.807, 2.05) is 18.2 Å². The van der Waals surface area contributed by atoms with Gasteiger partial charge in [0.2, 0.25) is 10.0 Å². The number of amides is 1. The number of H-pyrrole nitrogens is 1. The molecule has 1 heterocycles. The first-order chi connectivity index (χ1) is 13.8. The van der Waals surface area contributed by atoms with Crippen LogP contribution in [-0.4, -0.2) is 25.9 Å². The molecule has 1 amide bonds. The second kappa shape index (κ2) is 7.65. The summed E-state index contributed by atoms with van der Waals surface area (Å²) in [6.07, 6.45) is 3.92. The van der Waals surface area contributed by atoms with E-state index in [0.29, 0.717) is 24.4 Å². The minimum absolute atomic E-state index is 0.0859. The number of primary sulfonamides is 1. The van der Waals surface area contributed by atoms with Crippen molar-refractivity contribution in [3.63, 3.8) is 0 Å². The van der Waals surface area contributed by atoms with Crippen molar-refractivity contribution >= 4 is 26.8 Å². The van der Waals surface area contributed by atoms with Crippen LogP contribution < -0.4 is 10.5 Å². The summed E-state index contributed by atoms with van der Waals surface area (Å²) in [5.74, 6) is 0.562. The van der Waals surface area contributed by atoms with Crippen LogP contribution in [0.5, 0.6) is 0 Å². The average Bonchev–Trinajstić information content (AvgIpc) is 3.04. The van der Waals surface area contributed by atoms with Gasteiger partial charge in [0.1, 0.15) is 0 Å². The molecule has 1 aliphatic rings. The molecule has 0 bridgehead atoms. The Morgan fingerprint density at radius 1 is 1.21 bits per heavy atom. The highest BCUT2D eigenvalue weighted by atomic mass is 32.2. The molecule has 0 saturated carbocycles. The van der Waals surface area contributed by atoms with Crippen LogP contribution in [-0.2, 0) is 29.3 Å². The van der Waals surface area contributed by atoms with Crippen LogP contribution in [0.25, 0.3) is 10.9 Å². The van der Waals surface area contributed by atoms with Crippen molar-refractivity contribution in [1.82, 2.24) is 10.3 Å². The van der Waals surface area contributed by atoms with Gasteiger partial charge in [-0.15, -0.1) is 0 Å². The first-order valence-corrected chi connectivity index (χ1v) is 11.4. The van der Waals surface area contributed by atoms with E-state index in [-0.39, 0.29) is 10.8 Å². The highest BCUT2D eigenvalue weighted by Crippen LogP contribution is 2.32. The van der Waals surface area contributed by atoms with Gasteiger partial charge >= 0.3 is 0 Å². The number of aryl methyl sites for hydroxylation is 1. The molecule has 6 nitrogen and oxygen atoms in total. The lowest BCUT2D eigenvalue weighted by molar-refractivity contribution is 0.0954. The lowest BCUT2D eigenvalue weighted by Gasteiger charge is -2.18. The molecule has 1 unspecified atom stereocenters. The molecule has 1 aliphatic carbocycles. The van der Waals surface area contributed by atoms with Gasteiger partial charge in [-0.1, -0.05) is 19.1 Å². The quantitative estimate of drug-likeness (QED) is 0.601. The molecule has 3 aromatic rings. The van der Waals surface area contributed by atoms with E-state index in [2.05, 4.69) is 17.2 Å². The third-order valence-corrected chi connectivity index (χ3v) is 6.58. The van der Waals surface area contributed by atoms with Crippen molar-refractivity contribution in [1.29, 1.82) is 0 Å². The van der Waals surface area contributed by atoms with E-state index < -0.39 is 10.0 Å². The van der Waals surface area contributed by atoms with Crippen LogP contribution in [0.2, 0.25) is 0 Å². The highest BCUT2D eigenvalue weighted by Gasteiger charge is 2.20. The fraction of sp³-hybridized carbons (Fsp3) is 0.318. The van der Waals surface area contributed by atoms with Crippen molar-refractivity contribution in [2.45, 2.75) is 37.5 Å². The molecule has 152 valence electrons. The molecule has 2 aromatic carbocycles. The Kier molecular flexibility index (Phi) is 5.19. The number of aromatic amines is 1. The summed E-state index contributed by atoms with van der Waals surface area (Å²) in [7, 11) is -3.69. The number of aromatic nitrogens is 1. The minimum atomic E-state index is -3.69. The first-order valence-electron chi connectivity index (χ1n) is 9.84. The number of benzene rings is 2. The minimum Gasteiger partial charge on any atom is -0.358 e. The molecule has 4 N–H and O–H groups in total. The number of nitrogens with one attached hydrogen (secondary N) is 2. The lowest BCUT2D eigenvalue weighted by Crippen LogP contribution is -2.25. The van der Waals surface area contributed by atoms with E-state index >= 15 is 0 Å².